The number of rotatable bonds is 1. The molecule has 4 heteroatoms. The van der Waals surface area contributed by atoms with Crippen LogP contribution in [-0.2, 0) is 0 Å². The highest BCUT2D eigenvalue weighted by Crippen LogP contribution is 2.55. The fourth-order valence-electron chi connectivity index (χ4n) is 1.60. The Kier molecular flexibility index (Phi) is 1.74. The lowest BCUT2D eigenvalue weighted by atomic mass is 10.0. The zero-order chi connectivity index (χ0) is 10.5. The molecule has 1 saturated carbocycles. The molecule has 0 unspecified atom stereocenters. The summed E-state index contributed by atoms with van der Waals surface area (Å²) in [5, 5.41) is 37.9. The van der Waals surface area contributed by atoms with Gasteiger partial charge in [-0.25, -0.2) is 0 Å². The zero-order valence-corrected chi connectivity index (χ0v) is 7.78. The lowest BCUT2D eigenvalue weighted by molar-refractivity contribution is 0.353. The minimum Gasteiger partial charge on any atom is -0.507 e. The van der Waals surface area contributed by atoms with Crippen molar-refractivity contribution in [2.45, 2.75) is 25.7 Å². The summed E-state index contributed by atoms with van der Waals surface area (Å²) < 4.78 is 0. The Labute approximate surface area is 81.1 Å². The van der Waals surface area contributed by atoms with Gasteiger partial charge in [0.2, 0.25) is 5.75 Å². The van der Waals surface area contributed by atoms with Crippen LogP contribution in [0.4, 0.5) is 0 Å². The van der Waals surface area contributed by atoms with Crippen molar-refractivity contribution in [3.8, 4) is 23.0 Å². The van der Waals surface area contributed by atoms with E-state index in [0.29, 0.717) is 5.56 Å². The first-order valence-corrected chi connectivity index (χ1v) is 4.50. The van der Waals surface area contributed by atoms with Crippen molar-refractivity contribution in [2.24, 2.45) is 0 Å². The van der Waals surface area contributed by atoms with Gasteiger partial charge in [0.15, 0.2) is 11.5 Å². The average Bonchev–Trinajstić information content (AvgIpc) is 2.96. The van der Waals surface area contributed by atoms with E-state index < -0.39 is 17.2 Å². The van der Waals surface area contributed by atoms with Gasteiger partial charge < -0.3 is 20.4 Å². The van der Waals surface area contributed by atoms with Crippen LogP contribution < -0.4 is 0 Å². The van der Waals surface area contributed by atoms with E-state index in [-0.39, 0.29) is 17.2 Å². The van der Waals surface area contributed by atoms with Gasteiger partial charge in [-0.1, -0.05) is 0 Å². The Bertz CT molecular complexity index is 365. The highest BCUT2D eigenvalue weighted by Gasteiger charge is 2.33. The summed E-state index contributed by atoms with van der Waals surface area (Å²) in [6, 6.07) is 0. The Hall–Kier alpha value is -1.58. The summed E-state index contributed by atoms with van der Waals surface area (Å²) in [7, 11) is 0. The average molecular weight is 196 g/mol. The van der Waals surface area contributed by atoms with E-state index in [4.69, 9.17) is 0 Å². The van der Waals surface area contributed by atoms with Crippen LogP contribution in [0.3, 0.4) is 0 Å². The maximum Gasteiger partial charge on any atom is 0.201 e. The number of aromatic hydroxyl groups is 4. The van der Waals surface area contributed by atoms with Crippen LogP contribution in [0.5, 0.6) is 23.0 Å². The van der Waals surface area contributed by atoms with E-state index in [0.717, 1.165) is 12.8 Å². The van der Waals surface area contributed by atoms with Gasteiger partial charge in [-0.05, 0) is 25.7 Å². The molecule has 0 heterocycles. The number of phenolic OH excluding ortho intramolecular Hbond substituents is 4. The highest BCUT2D eigenvalue weighted by molar-refractivity contribution is 5.65. The first kappa shape index (κ1) is 8.99. The van der Waals surface area contributed by atoms with Crippen molar-refractivity contribution in [1.82, 2.24) is 0 Å². The molecule has 1 aliphatic rings. The lowest BCUT2D eigenvalue weighted by Gasteiger charge is -2.12. The largest absolute Gasteiger partial charge is 0.507 e. The molecule has 0 saturated heterocycles. The van der Waals surface area contributed by atoms with Gasteiger partial charge in [0.05, 0.1) is 0 Å². The summed E-state index contributed by atoms with van der Waals surface area (Å²) in [5.41, 5.74) is 0.569. The summed E-state index contributed by atoms with van der Waals surface area (Å²) in [6.45, 7) is 1.50. The number of hydrogen-bond donors (Lipinski definition) is 4. The third kappa shape index (κ3) is 1.07. The molecule has 0 aromatic heterocycles. The van der Waals surface area contributed by atoms with Crippen LogP contribution in [0.15, 0.2) is 0 Å². The molecule has 0 amide bonds. The third-order valence-electron chi connectivity index (χ3n) is 2.65. The van der Waals surface area contributed by atoms with E-state index in [2.05, 4.69) is 0 Å². The number of benzene rings is 1. The van der Waals surface area contributed by atoms with Crippen LogP contribution in [0.1, 0.15) is 29.9 Å². The molecule has 0 aliphatic heterocycles. The zero-order valence-electron chi connectivity index (χ0n) is 7.78. The van der Waals surface area contributed by atoms with Crippen LogP contribution in [0.25, 0.3) is 0 Å². The maximum absolute atomic E-state index is 9.66. The van der Waals surface area contributed by atoms with Crippen molar-refractivity contribution in [3.05, 3.63) is 11.1 Å². The molecule has 14 heavy (non-hydrogen) atoms. The molecule has 0 spiro atoms. The molecule has 0 bridgehead atoms. The number of hydrogen-bond acceptors (Lipinski definition) is 4. The molecule has 1 aromatic carbocycles. The van der Waals surface area contributed by atoms with Crippen molar-refractivity contribution in [3.63, 3.8) is 0 Å². The minimum absolute atomic E-state index is 0.111. The maximum atomic E-state index is 9.66. The van der Waals surface area contributed by atoms with Gasteiger partial charge in [-0.2, -0.15) is 0 Å². The molecular weight excluding hydrogens is 184 g/mol. The summed E-state index contributed by atoms with van der Waals surface area (Å²) in [6.07, 6.45) is 1.79. The monoisotopic (exact) mass is 196 g/mol. The third-order valence-corrected chi connectivity index (χ3v) is 2.65. The molecule has 1 aromatic rings. The fraction of sp³-hybridized carbons (Fsp3) is 0.400. The van der Waals surface area contributed by atoms with Gasteiger partial charge in [0, 0.05) is 11.1 Å². The van der Waals surface area contributed by atoms with E-state index in [9.17, 15) is 20.4 Å². The molecular formula is C10H12O4. The molecule has 2 rings (SSSR count). The van der Waals surface area contributed by atoms with Crippen molar-refractivity contribution in [1.29, 1.82) is 0 Å². The van der Waals surface area contributed by atoms with Crippen LogP contribution in [0.2, 0.25) is 0 Å². The quantitative estimate of drug-likeness (QED) is 0.407. The molecule has 4 nitrogen and oxygen atoms in total. The van der Waals surface area contributed by atoms with Gasteiger partial charge in [0.25, 0.3) is 0 Å². The first-order chi connectivity index (χ1) is 6.54. The minimum atomic E-state index is -0.540. The van der Waals surface area contributed by atoms with Crippen LogP contribution in [-0.4, -0.2) is 20.4 Å². The fourth-order valence-corrected chi connectivity index (χ4v) is 1.60. The van der Waals surface area contributed by atoms with Crippen LogP contribution in [0, 0.1) is 6.92 Å². The Balaban J connectivity index is 2.69. The van der Waals surface area contributed by atoms with Gasteiger partial charge in [-0.15, -0.1) is 0 Å². The van der Waals surface area contributed by atoms with E-state index >= 15 is 0 Å². The predicted octanol–water partition coefficient (Wildman–Crippen LogP) is 1.69. The second-order valence-electron chi connectivity index (χ2n) is 3.71. The molecule has 1 aliphatic carbocycles. The van der Waals surface area contributed by atoms with Crippen LogP contribution >= 0.6 is 0 Å². The van der Waals surface area contributed by atoms with E-state index in [1.807, 2.05) is 0 Å². The smallest absolute Gasteiger partial charge is 0.201 e. The normalized spacial score (nSPS) is 15.8. The topological polar surface area (TPSA) is 80.9 Å². The van der Waals surface area contributed by atoms with Gasteiger partial charge in [-0.3, -0.25) is 0 Å². The molecule has 0 radical (unpaired) electrons. The summed E-state index contributed by atoms with van der Waals surface area (Å²) in [4.78, 5) is 0. The second kappa shape index (κ2) is 2.70. The molecule has 1 fully saturated rings. The van der Waals surface area contributed by atoms with Crippen molar-refractivity contribution < 1.29 is 20.4 Å². The van der Waals surface area contributed by atoms with E-state index in [1.165, 1.54) is 6.92 Å². The highest BCUT2D eigenvalue weighted by atomic mass is 16.3. The predicted molar refractivity (Wildman–Crippen MR) is 49.8 cm³/mol. The SMILES string of the molecule is Cc1c(O)c(O)c(O)c(C2CC2)c1O. The Morgan fingerprint density at radius 2 is 1.43 bits per heavy atom. The second-order valence-corrected chi connectivity index (χ2v) is 3.71. The first-order valence-electron chi connectivity index (χ1n) is 4.50. The number of phenols is 4. The molecule has 0 atom stereocenters. The lowest BCUT2D eigenvalue weighted by Crippen LogP contribution is -1.88. The molecule has 4 N–H and O–H groups in total. The van der Waals surface area contributed by atoms with Gasteiger partial charge in [0.1, 0.15) is 5.75 Å². The Morgan fingerprint density at radius 3 is 1.93 bits per heavy atom. The van der Waals surface area contributed by atoms with Gasteiger partial charge >= 0.3 is 0 Å². The Morgan fingerprint density at radius 1 is 0.857 bits per heavy atom. The standard InChI is InChI=1S/C10H12O4/c1-4-7(11)6(5-2-3-5)9(13)10(14)8(4)12/h5,11-14H,2-3H2,1H3. The van der Waals surface area contributed by atoms with E-state index in [1.54, 1.807) is 0 Å². The molecule has 76 valence electrons. The summed E-state index contributed by atoms with van der Waals surface area (Å²) in [5.74, 6) is -1.39. The van der Waals surface area contributed by atoms with Crippen molar-refractivity contribution in [2.75, 3.05) is 0 Å². The summed E-state index contributed by atoms with van der Waals surface area (Å²) >= 11 is 0. The van der Waals surface area contributed by atoms with Crippen molar-refractivity contribution >= 4 is 0 Å².